The first-order valence-electron chi connectivity index (χ1n) is 5.61. The van der Waals surface area contributed by atoms with Gasteiger partial charge < -0.3 is 5.32 Å². The largest absolute Gasteiger partial charge is 0.445 e. The van der Waals surface area contributed by atoms with Crippen molar-refractivity contribution in [2.45, 2.75) is 19.5 Å². The van der Waals surface area contributed by atoms with Crippen LogP contribution in [-0.2, 0) is 17.4 Å². The van der Waals surface area contributed by atoms with Crippen LogP contribution in [0.4, 0.5) is 18.3 Å². The van der Waals surface area contributed by atoms with E-state index in [1.54, 1.807) is 6.07 Å². The van der Waals surface area contributed by atoms with Crippen molar-refractivity contribution in [1.29, 1.82) is 0 Å². The number of aryl methyl sites for hydroxylation is 1. The van der Waals surface area contributed by atoms with E-state index in [2.05, 4.69) is 15.5 Å². The van der Waals surface area contributed by atoms with Gasteiger partial charge in [0.2, 0.25) is 16.0 Å². The van der Waals surface area contributed by atoms with Gasteiger partial charge in [0.15, 0.2) is 0 Å². The Labute approximate surface area is 116 Å². The molecular weight excluding hydrogens is 291 g/mol. The molecule has 0 bridgehead atoms. The molecule has 1 aromatic heterocycles. The van der Waals surface area contributed by atoms with Crippen LogP contribution in [0, 0.1) is 6.92 Å². The predicted molar refractivity (Wildman–Crippen MR) is 68.4 cm³/mol. The minimum Gasteiger partial charge on any atom is -0.300 e. The molecule has 4 nitrogen and oxygen atoms in total. The maximum atomic E-state index is 12.3. The molecule has 106 valence electrons. The molecule has 2 aromatic rings. The van der Waals surface area contributed by atoms with E-state index >= 15 is 0 Å². The molecule has 0 aliphatic heterocycles. The lowest BCUT2D eigenvalue weighted by atomic mass is 10.1. The third-order valence-corrected chi connectivity index (χ3v) is 3.24. The lowest BCUT2D eigenvalue weighted by Gasteiger charge is -2.02. The molecule has 8 heteroatoms. The van der Waals surface area contributed by atoms with Crippen LogP contribution < -0.4 is 5.32 Å². The molecule has 2 rings (SSSR count). The number of amides is 1. The molecule has 0 saturated carbocycles. The molecule has 0 aliphatic carbocycles. The number of alkyl halides is 3. The van der Waals surface area contributed by atoms with Gasteiger partial charge in [0.1, 0.15) is 0 Å². The monoisotopic (exact) mass is 301 g/mol. The fourth-order valence-corrected chi connectivity index (χ4v) is 2.19. The number of anilines is 1. The molecule has 1 heterocycles. The van der Waals surface area contributed by atoms with E-state index in [1.165, 1.54) is 0 Å². The SMILES string of the molecule is Cc1cccc(CC(=O)Nc2nnc(C(F)(F)F)s2)c1. The van der Waals surface area contributed by atoms with Crippen molar-refractivity contribution in [3.63, 3.8) is 0 Å². The third kappa shape index (κ3) is 3.77. The van der Waals surface area contributed by atoms with Crippen molar-refractivity contribution in [3.8, 4) is 0 Å². The van der Waals surface area contributed by atoms with E-state index in [0.717, 1.165) is 11.1 Å². The lowest BCUT2D eigenvalue weighted by Crippen LogP contribution is -2.14. The van der Waals surface area contributed by atoms with Gasteiger partial charge >= 0.3 is 6.18 Å². The number of benzene rings is 1. The first-order valence-corrected chi connectivity index (χ1v) is 6.42. The van der Waals surface area contributed by atoms with Gasteiger partial charge in [0.05, 0.1) is 6.42 Å². The molecule has 0 fully saturated rings. The first-order chi connectivity index (χ1) is 9.34. The zero-order valence-corrected chi connectivity index (χ0v) is 11.2. The Balaban J connectivity index is 2.00. The van der Waals surface area contributed by atoms with E-state index in [9.17, 15) is 18.0 Å². The van der Waals surface area contributed by atoms with Crippen LogP contribution in [0.5, 0.6) is 0 Å². The van der Waals surface area contributed by atoms with Crippen LogP contribution in [-0.4, -0.2) is 16.1 Å². The molecule has 0 aliphatic rings. The van der Waals surface area contributed by atoms with Gasteiger partial charge in [-0.25, -0.2) is 0 Å². The Morgan fingerprint density at radius 3 is 2.70 bits per heavy atom. The first kappa shape index (κ1) is 14.4. The lowest BCUT2D eigenvalue weighted by molar-refractivity contribution is -0.138. The standard InChI is InChI=1S/C12H10F3N3OS/c1-7-3-2-4-8(5-7)6-9(19)16-11-18-17-10(20-11)12(13,14)15/h2-5H,6H2,1H3,(H,16,18,19). The average Bonchev–Trinajstić information content (AvgIpc) is 2.76. The summed E-state index contributed by atoms with van der Waals surface area (Å²) in [6.45, 7) is 1.89. The second-order valence-electron chi connectivity index (χ2n) is 4.12. The van der Waals surface area contributed by atoms with Crippen LogP contribution in [0.3, 0.4) is 0 Å². The van der Waals surface area contributed by atoms with Gasteiger partial charge in [-0.1, -0.05) is 41.2 Å². The van der Waals surface area contributed by atoms with Crippen LogP contribution in [0.2, 0.25) is 0 Å². The van der Waals surface area contributed by atoms with Crippen molar-refractivity contribution >= 4 is 22.4 Å². The smallest absolute Gasteiger partial charge is 0.300 e. The van der Waals surface area contributed by atoms with Crippen molar-refractivity contribution < 1.29 is 18.0 Å². The molecule has 1 aromatic carbocycles. The van der Waals surface area contributed by atoms with Gasteiger partial charge in [0.25, 0.3) is 0 Å². The molecule has 0 radical (unpaired) electrons. The highest BCUT2D eigenvalue weighted by molar-refractivity contribution is 7.15. The molecule has 0 atom stereocenters. The summed E-state index contributed by atoms with van der Waals surface area (Å²) >= 11 is 0.303. The Hall–Kier alpha value is -1.96. The molecule has 0 saturated heterocycles. The summed E-state index contributed by atoms with van der Waals surface area (Å²) in [5.41, 5.74) is 1.79. The Kier molecular flexibility index (Phi) is 4.03. The van der Waals surface area contributed by atoms with Crippen LogP contribution in [0.1, 0.15) is 16.1 Å². The minimum atomic E-state index is -4.54. The molecule has 1 amide bonds. The quantitative estimate of drug-likeness (QED) is 0.948. The van der Waals surface area contributed by atoms with Crippen LogP contribution >= 0.6 is 11.3 Å². The summed E-state index contributed by atoms with van der Waals surface area (Å²) in [6.07, 6.45) is -4.47. The number of halogens is 3. The summed E-state index contributed by atoms with van der Waals surface area (Å²) in [7, 11) is 0. The van der Waals surface area contributed by atoms with Gasteiger partial charge in [-0.05, 0) is 12.5 Å². The van der Waals surface area contributed by atoms with E-state index in [-0.39, 0.29) is 11.6 Å². The highest BCUT2D eigenvalue weighted by Gasteiger charge is 2.35. The second kappa shape index (κ2) is 5.58. The number of carbonyl (C=O) groups is 1. The number of hydrogen-bond donors (Lipinski definition) is 1. The minimum absolute atomic E-state index is 0.0720. The van der Waals surface area contributed by atoms with Gasteiger partial charge in [-0.3, -0.25) is 4.79 Å². The highest BCUT2D eigenvalue weighted by Crippen LogP contribution is 2.32. The molecule has 1 N–H and O–H groups in total. The zero-order valence-electron chi connectivity index (χ0n) is 10.4. The number of hydrogen-bond acceptors (Lipinski definition) is 4. The number of carbonyl (C=O) groups excluding carboxylic acids is 1. The van der Waals surface area contributed by atoms with E-state index in [4.69, 9.17) is 0 Å². The van der Waals surface area contributed by atoms with Crippen LogP contribution in [0.25, 0.3) is 0 Å². The fourth-order valence-electron chi connectivity index (χ4n) is 1.56. The summed E-state index contributed by atoms with van der Waals surface area (Å²) < 4.78 is 37.0. The summed E-state index contributed by atoms with van der Waals surface area (Å²) in [4.78, 5) is 11.7. The van der Waals surface area contributed by atoms with Gasteiger partial charge in [0, 0.05) is 0 Å². The van der Waals surface area contributed by atoms with Crippen LogP contribution in [0.15, 0.2) is 24.3 Å². The maximum absolute atomic E-state index is 12.3. The average molecular weight is 301 g/mol. The molecule has 0 spiro atoms. The summed E-state index contributed by atoms with van der Waals surface area (Å²) in [6, 6.07) is 7.31. The molecule has 20 heavy (non-hydrogen) atoms. The van der Waals surface area contributed by atoms with E-state index in [0.29, 0.717) is 11.3 Å². The number of aromatic nitrogens is 2. The summed E-state index contributed by atoms with van der Waals surface area (Å²) in [5, 5.41) is 7.36. The van der Waals surface area contributed by atoms with Crippen molar-refractivity contribution in [2.24, 2.45) is 0 Å². The molecular formula is C12H10F3N3OS. The van der Waals surface area contributed by atoms with Gasteiger partial charge in [-0.15, -0.1) is 10.2 Å². The maximum Gasteiger partial charge on any atom is 0.445 e. The summed E-state index contributed by atoms with van der Waals surface area (Å²) in [5.74, 6) is -0.430. The Morgan fingerprint density at radius 1 is 1.35 bits per heavy atom. The highest BCUT2D eigenvalue weighted by atomic mass is 32.1. The molecule has 0 unspecified atom stereocenters. The number of nitrogens with zero attached hydrogens (tertiary/aromatic N) is 2. The fraction of sp³-hybridized carbons (Fsp3) is 0.250. The van der Waals surface area contributed by atoms with Gasteiger partial charge in [-0.2, -0.15) is 13.2 Å². The van der Waals surface area contributed by atoms with E-state index < -0.39 is 17.1 Å². The van der Waals surface area contributed by atoms with Crippen molar-refractivity contribution in [2.75, 3.05) is 5.32 Å². The Bertz CT molecular complexity index is 624. The third-order valence-electron chi connectivity index (χ3n) is 2.36. The second-order valence-corrected chi connectivity index (χ2v) is 5.10. The van der Waals surface area contributed by atoms with Crippen molar-refractivity contribution in [1.82, 2.24) is 10.2 Å². The zero-order chi connectivity index (χ0) is 14.8. The van der Waals surface area contributed by atoms with Crippen molar-refractivity contribution in [3.05, 3.63) is 40.4 Å². The van der Waals surface area contributed by atoms with E-state index in [1.807, 2.05) is 25.1 Å². The number of rotatable bonds is 3. The normalized spacial score (nSPS) is 11.4. The Morgan fingerprint density at radius 2 is 2.10 bits per heavy atom. The number of nitrogens with one attached hydrogen (secondary N) is 1. The predicted octanol–water partition coefficient (Wildman–Crippen LogP) is 3.05. The topological polar surface area (TPSA) is 54.9 Å².